The Hall–Kier alpha value is -2.08. The number of hydrogen-bond donors (Lipinski definition) is 2. The molecule has 4 N–H and O–H groups in total. The molecular weight excluding hydrogens is 242 g/mol. The highest BCUT2D eigenvalue weighted by atomic mass is 35.5. The Morgan fingerprint density at radius 3 is 2.65 bits per heavy atom. The normalized spacial score (nSPS) is 10.5. The average Bonchev–Trinajstić information content (AvgIpc) is 2.62. The van der Waals surface area contributed by atoms with E-state index in [-0.39, 0.29) is 28.5 Å². The van der Waals surface area contributed by atoms with E-state index >= 15 is 0 Å². The van der Waals surface area contributed by atoms with Crippen molar-refractivity contribution < 1.29 is 4.79 Å². The lowest BCUT2D eigenvalue weighted by atomic mass is 10.1. The van der Waals surface area contributed by atoms with Gasteiger partial charge in [0.2, 0.25) is 5.78 Å². The summed E-state index contributed by atoms with van der Waals surface area (Å²) in [5.41, 5.74) is 11.8. The molecule has 0 aliphatic carbocycles. The molecular formula is C10H10ClN5O. The number of pyridine rings is 1. The van der Waals surface area contributed by atoms with Gasteiger partial charge in [0.25, 0.3) is 0 Å². The summed E-state index contributed by atoms with van der Waals surface area (Å²) >= 11 is 5.77. The van der Waals surface area contributed by atoms with Crippen molar-refractivity contribution in [2.45, 2.75) is 0 Å². The van der Waals surface area contributed by atoms with Crippen LogP contribution in [0.4, 0.5) is 11.6 Å². The van der Waals surface area contributed by atoms with E-state index in [1.807, 2.05) is 0 Å². The second kappa shape index (κ2) is 4.06. The van der Waals surface area contributed by atoms with Gasteiger partial charge in [-0.1, -0.05) is 11.6 Å². The zero-order valence-corrected chi connectivity index (χ0v) is 9.77. The second-order valence-corrected chi connectivity index (χ2v) is 3.92. The van der Waals surface area contributed by atoms with E-state index in [1.54, 1.807) is 7.05 Å². The molecule has 2 heterocycles. The van der Waals surface area contributed by atoms with Gasteiger partial charge in [0.05, 0.1) is 22.3 Å². The molecule has 0 unspecified atom stereocenters. The summed E-state index contributed by atoms with van der Waals surface area (Å²) in [6.45, 7) is 0. The van der Waals surface area contributed by atoms with Gasteiger partial charge < -0.3 is 11.5 Å². The van der Waals surface area contributed by atoms with Gasteiger partial charge in [-0.2, -0.15) is 5.10 Å². The van der Waals surface area contributed by atoms with Crippen molar-refractivity contribution in [3.05, 3.63) is 34.6 Å². The number of anilines is 2. The van der Waals surface area contributed by atoms with Crippen molar-refractivity contribution in [3.63, 3.8) is 0 Å². The lowest BCUT2D eigenvalue weighted by Gasteiger charge is -2.03. The number of halogens is 1. The molecule has 0 aromatic carbocycles. The molecule has 0 aliphatic heterocycles. The minimum Gasteiger partial charge on any atom is -0.383 e. The third kappa shape index (κ3) is 1.94. The van der Waals surface area contributed by atoms with Crippen LogP contribution in [-0.2, 0) is 7.05 Å². The first-order valence-corrected chi connectivity index (χ1v) is 5.11. The first kappa shape index (κ1) is 11.4. The molecule has 0 atom stereocenters. The fourth-order valence-corrected chi connectivity index (χ4v) is 1.56. The topological polar surface area (TPSA) is 99.8 Å². The van der Waals surface area contributed by atoms with Gasteiger partial charge in [0.15, 0.2) is 0 Å². The van der Waals surface area contributed by atoms with Gasteiger partial charge in [-0.3, -0.25) is 9.48 Å². The first-order valence-electron chi connectivity index (χ1n) is 4.74. The summed E-state index contributed by atoms with van der Waals surface area (Å²) in [6.07, 6.45) is 2.76. The molecule has 0 spiro atoms. The largest absolute Gasteiger partial charge is 0.383 e. The number of nitrogens with zero attached hydrogens (tertiary/aromatic N) is 3. The number of nitrogen functional groups attached to an aromatic ring is 2. The third-order valence-electron chi connectivity index (χ3n) is 2.36. The Bertz CT molecular complexity index is 592. The van der Waals surface area contributed by atoms with E-state index in [1.165, 1.54) is 23.1 Å². The van der Waals surface area contributed by atoms with Gasteiger partial charge >= 0.3 is 0 Å². The number of rotatable bonds is 2. The Morgan fingerprint density at radius 2 is 2.06 bits per heavy atom. The van der Waals surface area contributed by atoms with Crippen LogP contribution in [0.2, 0.25) is 5.02 Å². The van der Waals surface area contributed by atoms with Crippen molar-refractivity contribution in [1.82, 2.24) is 14.8 Å². The predicted molar refractivity (Wildman–Crippen MR) is 64.7 cm³/mol. The highest BCUT2D eigenvalue weighted by Gasteiger charge is 2.19. The summed E-state index contributed by atoms with van der Waals surface area (Å²) < 4.78 is 1.40. The fourth-order valence-electron chi connectivity index (χ4n) is 1.40. The van der Waals surface area contributed by atoms with Crippen molar-refractivity contribution in [1.29, 1.82) is 0 Å². The molecule has 0 saturated heterocycles. The third-order valence-corrected chi connectivity index (χ3v) is 2.57. The van der Waals surface area contributed by atoms with Crippen LogP contribution in [0.1, 0.15) is 15.9 Å². The quantitative estimate of drug-likeness (QED) is 0.771. The molecule has 2 rings (SSSR count). The zero-order valence-electron chi connectivity index (χ0n) is 9.01. The van der Waals surface area contributed by atoms with Crippen LogP contribution in [-0.4, -0.2) is 20.5 Å². The molecule has 17 heavy (non-hydrogen) atoms. The second-order valence-electron chi connectivity index (χ2n) is 3.48. The van der Waals surface area contributed by atoms with E-state index < -0.39 is 0 Å². The Balaban J connectivity index is 2.51. The Kier molecular flexibility index (Phi) is 2.72. The fraction of sp³-hybridized carbons (Fsp3) is 0.100. The maximum atomic E-state index is 12.1. The van der Waals surface area contributed by atoms with Crippen molar-refractivity contribution in [2.75, 3.05) is 11.5 Å². The maximum absolute atomic E-state index is 12.1. The van der Waals surface area contributed by atoms with Gasteiger partial charge in [0.1, 0.15) is 11.6 Å². The number of nitrogens with two attached hydrogens (primary N) is 2. The molecule has 0 fully saturated rings. The van der Waals surface area contributed by atoms with Crippen molar-refractivity contribution in [2.24, 2.45) is 7.05 Å². The van der Waals surface area contributed by atoms with Crippen LogP contribution in [0.3, 0.4) is 0 Å². The highest BCUT2D eigenvalue weighted by Crippen LogP contribution is 2.21. The van der Waals surface area contributed by atoms with Gasteiger partial charge in [-0.15, -0.1) is 0 Å². The summed E-state index contributed by atoms with van der Waals surface area (Å²) in [5, 5.41) is 4.23. The summed E-state index contributed by atoms with van der Waals surface area (Å²) in [7, 11) is 1.64. The predicted octanol–water partition coefficient (Wildman–Crippen LogP) is 0.864. The average molecular weight is 252 g/mol. The molecule has 0 saturated carbocycles. The van der Waals surface area contributed by atoms with Crippen molar-refractivity contribution >= 4 is 29.0 Å². The number of carbonyl (C=O) groups excluding carboxylic acids is 1. The number of carbonyl (C=O) groups is 1. The van der Waals surface area contributed by atoms with Gasteiger partial charge in [-0.25, -0.2) is 4.98 Å². The first-order chi connectivity index (χ1) is 8.00. The van der Waals surface area contributed by atoms with Crippen LogP contribution in [0.5, 0.6) is 0 Å². The van der Waals surface area contributed by atoms with Crippen LogP contribution >= 0.6 is 11.6 Å². The van der Waals surface area contributed by atoms with Crippen molar-refractivity contribution in [3.8, 4) is 0 Å². The smallest absolute Gasteiger partial charge is 0.202 e. The lowest BCUT2D eigenvalue weighted by molar-refractivity contribution is 0.104. The summed E-state index contributed by atoms with van der Waals surface area (Å²) in [4.78, 5) is 16.0. The van der Waals surface area contributed by atoms with Crippen LogP contribution < -0.4 is 11.5 Å². The van der Waals surface area contributed by atoms with E-state index in [0.29, 0.717) is 5.02 Å². The number of aryl methyl sites for hydroxylation is 1. The minimum absolute atomic E-state index is 0.114. The van der Waals surface area contributed by atoms with Gasteiger partial charge in [0, 0.05) is 13.2 Å². The van der Waals surface area contributed by atoms with E-state index in [2.05, 4.69) is 10.1 Å². The Morgan fingerprint density at radius 1 is 1.35 bits per heavy atom. The van der Waals surface area contributed by atoms with E-state index in [0.717, 1.165) is 0 Å². The molecule has 6 nitrogen and oxygen atoms in total. The minimum atomic E-state index is -0.344. The maximum Gasteiger partial charge on any atom is 0.202 e. The Labute approximate surface area is 102 Å². The van der Waals surface area contributed by atoms with Crippen LogP contribution in [0, 0.1) is 0 Å². The number of hydrogen-bond acceptors (Lipinski definition) is 5. The molecule has 0 amide bonds. The van der Waals surface area contributed by atoms with Gasteiger partial charge in [-0.05, 0) is 6.07 Å². The SMILES string of the molecule is Cn1ncc(C(=O)c2cc(Cl)cnc2N)c1N. The van der Waals surface area contributed by atoms with Crippen LogP contribution in [0.15, 0.2) is 18.5 Å². The summed E-state index contributed by atoms with van der Waals surface area (Å²) in [6, 6.07) is 1.46. The van der Waals surface area contributed by atoms with E-state index in [4.69, 9.17) is 23.1 Å². The number of ketones is 1. The molecule has 0 radical (unpaired) electrons. The summed E-state index contributed by atoms with van der Waals surface area (Å²) in [5.74, 6) is 0.0418. The zero-order chi connectivity index (χ0) is 12.6. The molecule has 0 bridgehead atoms. The molecule has 88 valence electrons. The van der Waals surface area contributed by atoms with Crippen LogP contribution in [0.25, 0.3) is 0 Å². The number of aromatic nitrogens is 3. The standard InChI is InChI=1S/C10H10ClN5O/c1-16-10(13)7(4-15-16)8(17)6-2-5(11)3-14-9(6)12/h2-4H,13H2,1H3,(H2,12,14). The lowest BCUT2D eigenvalue weighted by Crippen LogP contribution is -2.09. The highest BCUT2D eigenvalue weighted by molar-refractivity contribution is 6.31. The monoisotopic (exact) mass is 251 g/mol. The molecule has 2 aromatic rings. The molecule has 0 aliphatic rings. The van der Waals surface area contributed by atoms with E-state index in [9.17, 15) is 4.79 Å². The molecule has 7 heteroatoms. The molecule has 2 aromatic heterocycles.